The zero-order valence-electron chi connectivity index (χ0n) is 20.8. The largest absolute Gasteiger partial charge is 0.368 e. The van der Waals surface area contributed by atoms with Crippen LogP contribution in [0, 0.1) is 0 Å². The van der Waals surface area contributed by atoms with E-state index in [2.05, 4.69) is 81.2 Å². The predicted octanol–water partition coefficient (Wildman–Crippen LogP) is 7.29. The summed E-state index contributed by atoms with van der Waals surface area (Å²) in [5.74, 6) is 2.04. The lowest BCUT2D eigenvalue weighted by Gasteiger charge is -2.23. The fraction of sp³-hybridized carbons (Fsp3) is 0.393. The summed E-state index contributed by atoms with van der Waals surface area (Å²) in [6.07, 6.45) is 6.16. The molecule has 2 aromatic carbocycles. The van der Waals surface area contributed by atoms with E-state index in [1.807, 2.05) is 26.8 Å². The SMILES string of the molecule is C=Nc1c(NCC)nc(NC2CCCCC2)nc1NCc1ccc(-c2ccccc2)cc1.CC. The molecular formula is C28H38N6. The Balaban J connectivity index is 0.00000158. The van der Waals surface area contributed by atoms with Gasteiger partial charge in [-0.25, -0.2) is 0 Å². The smallest absolute Gasteiger partial charge is 0.226 e. The van der Waals surface area contributed by atoms with Crippen molar-refractivity contribution in [3.8, 4) is 11.1 Å². The Morgan fingerprint density at radius 1 is 0.853 bits per heavy atom. The number of anilines is 3. The summed E-state index contributed by atoms with van der Waals surface area (Å²) in [5.41, 5.74) is 4.25. The fourth-order valence-corrected chi connectivity index (χ4v) is 4.14. The molecule has 1 aromatic heterocycles. The molecule has 0 bridgehead atoms. The third-order valence-corrected chi connectivity index (χ3v) is 5.85. The van der Waals surface area contributed by atoms with Crippen LogP contribution in [0.1, 0.15) is 58.4 Å². The third kappa shape index (κ3) is 6.80. The van der Waals surface area contributed by atoms with Gasteiger partial charge in [-0.05, 0) is 43.2 Å². The second-order valence-corrected chi connectivity index (χ2v) is 8.18. The summed E-state index contributed by atoms with van der Waals surface area (Å²) >= 11 is 0. The van der Waals surface area contributed by atoms with Crippen LogP contribution in [0.3, 0.4) is 0 Å². The van der Waals surface area contributed by atoms with Gasteiger partial charge in [0.2, 0.25) is 5.95 Å². The molecule has 1 saturated carbocycles. The molecule has 1 aliphatic carbocycles. The minimum absolute atomic E-state index is 0.430. The van der Waals surface area contributed by atoms with E-state index in [-0.39, 0.29) is 0 Å². The molecule has 4 rings (SSSR count). The van der Waals surface area contributed by atoms with Gasteiger partial charge in [0, 0.05) is 19.1 Å². The van der Waals surface area contributed by atoms with E-state index in [1.54, 1.807) is 0 Å². The number of rotatable bonds is 9. The van der Waals surface area contributed by atoms with Gasteiger partial charge in [-0.2, -0.15) is 9.97 Å². The van der Waals surface area contributed by atoms with Crippen LogP contribution in [-0.4, -0.2) is 29.3 Å². The minimum atomic E-state index is 0.430. The summed E-state index contributed by atoms with van der Waals surface area (Å²) in [4.78, 5) is 13.7. The molecule has 3 N–H and O–H groups in total. The van der Waals surface area contributed by atoms with Gasteiger partial charge in [-0.1, -0.05) is 87.7 Å². The first kappa shape index (κ1) is 25.2. The maximum absolute atomic E-state index is 4.75. The second-order valence-electron chi connectivity index (χ2n) is 8.18. The molecule has 0 atom stereocenters. The van der Waals surface area contributed by atoms with Crippen LogP contribution in [0.2, 0.25) is 0 Å². The Kier molecular flexibility index (Phi) is 9.89. The molecule has 3 aromatic rings. The van der Waals surface area contributed by atoms with Crippen molar-refractivity contribution in [3.05, 3.63) is 60.2 Å². The average Bonchev–Trinajstić information content (AvgIpc) is 2.90. The highest BCUT2D eigenvalue weighted by Crippen LogP contribution is 2.33. The van der Waals surface area contributed by atoms with Gasteiger partial charge in [0.05, 0.1) is 0 Å². The van der Waals surface area contributed by atoms with Gasteiger partial charge in [0.1, 0.15) is 5.69 Å². The first-order valence-electron chi connectivity index (χ1n) is 12.5. The standard InChI is InChI=1S/C26H32N6.C2H6/c1-3-28-24-23(27-2)25(32-26(31-24)30-22-12-8-5-9-13-22)29-18-19-14-16-21(17-15-19)20-10-6-4-7-11-20;1-2/h4,6-7,10-11,14-17,22H,2-3,5,8-9,12-13,18H2,1H3,(H3,28,29,30,31,32);1-2H3. The second kappa shape index (κ2) is 13.3. The summed E-state index contributed by atoms with van der Waals surface area (Å²) in [7, 11) is 0. The molecule has 0 aliphatic heterocycles. The predicted molar refractivity (Wildman–Crippen MR) is 146 cm³/mol. The van der Waals surface area contributed by atoms with Crippen molar-refractivity contribution < 1.29 is 0 Å². The Bertz CT molecular complexity index is 1010. The zero-order valence-corrected chi connectivity index (χ0v) is 20.8. The molecule has 1 heterocycles. The lowest BCUT2D eigenvalue weighted by Crippen LogP contribution is -2.24. The minimum Gasteiger partial charge on any atom is -0.368 e. The van der Waals surface area contributed by atoms with E-state index in [0.717, 1.165) is 19.4 Å². The van der Waals surface area contributed by atoms with Gasteiger partial charge in [-0.15, -0.1) is 0 Å². The number of hydrogen-bond acceptors (Lipinski definition) is 6. The Labute approximate surface area is 204 Å². The lowest BCUT2D eigenvalue weighted by atomic mass is 9.96. The molecule has 6 nitrogen and oxygen atoms in total. The Morgan fingerprint density at radius 3 is 2.09 bits per heavy atom. The van der Waals surface area contributed by atoms with Crippen LogP contribution in [-0.2, 0) is 6.54 Å². The maximum atomic E-state index is 4.75. The van der Waals surface area contributed by atoms with E-state index in [1.165, 1.54) is 36.0 Å². The number of hydrogen-bond donors (Lipinski definition) is 3. The van der Waals surface area contributed by atoms with Gasteiger partial charge < -0.3 is 16.0 Å². The Hall–Kier alpha value is -3.41. The van der Waals surface area contributed by atoms with Crippen molar-refractivity contribution in [1.82, 2.24) is 9.97 Å². The zero-order chi connectivity index (χ0) is 24.2. The van der Waals surface area contributed by atoms with Gasteiger partial charge in [0.15, 0.2) is 11.6 Å². The van der Waals surface area contributed by atoms with Crippen LogP contribution >= 0.6 is 0 Å². The van der Waals surface area contributed by atoms with Crippen molar-refractivity contribution >= 4 is 30.0 Å². The number of aliphatic imine (C=N–C) groups is 1. The van der Waals surface area contributed by atoms with Crippen LogP contribution in [0.15, 0.2) is 59.6 Å². The highest BCUT2D eigenvalue weighted by atomic mass is 15.2. The molecule has 1 aliphatic rings. The van der Waals surface area contributed by atoms with Crippen molar-refractivity contribution in [2.24, 2.45) is 4.99 Å². The first-order valence-corrected chi connectivity index (χ1v) is 12.5. The molecular weight excluding hydrogens is 420 g/mol. The lowest BCUT2D eigenvalue weighted by molar-refractivity contribution is 0.461. The van der Waals surface area contributed by atoms with Crippen molar-refractivity contribution in [2.75, 3.05) is 22.5 Å². The molecule has 0 saturated heterocycles. The summed E-state index contributed by atoms with van der Waals surface area (Å²) in [5, 5.41) is 10.3. The number of nitrogens with one attached hydrogen (secondary N) is 3. The summed E-state index contributed by atoms with van der Waals surface area (Å²) in [6.45, 7) is 11.2. The molecule has 1 fully saturated rings. The molecule has 0 radical (unpaired) electrons. The summed E-state index contributed by atoms with van der Waals surface area (Å²) < 4.78 is 0. The number of benzene rings is 2. The van der Waals surface area contributed by atoms with Crippen molar-refractivity contribution in [2.45, 2.75) is 65.5 Å². The van der Waals surface area contributed by atoms with E-state index >= 15 is 0 Å². The summed E-state index contributed by atoms with van der Waals surface area (Å²) in [6, 6.07) is 19.4. The van der Waals surface area contributed by atoms with Crippen LogP contribution in [0.5, 0.6) is 0 Å². The average molecular weight is 459 g/mol. The monoisotopic (exact) mass is 458 g/mol. The molecule has 0 amide bonds. The van der Waals surface area contributed by atoms with Gasteiger partial charge >= 0.3 is 0 Å². The van der Waals surface area contributed by atoms with E-state index in [9.17, 15) is 0 Å². The van der Waals surface area contributed by atoms with E-state index < -0.39 is 0 Å². The van der Waals surface area contributed by atoms with Gasteiger partial charge in [0.25, 0.3) is 0 Å². The van der Waals surface area contributed by atoms with Crippen LogP contribution in [0.4, 0.5) is 23.3 Å². The van der Waals surface area contributed by atoms with Crippen molar-refractivity contribution in [3.63, 3.8) is 0 Å². The quantitative estimate of drug-likeness (QED) is 0.294. The third-order valence-electron chi connectivity index (χ3n) is 5.85. The molecule has 0 unspecified atom stereocenters. The fourth-order valence-electron chi connectivity index (χ4n) is 4.14. The molecule has 34 heavy (non-hydrogen) atoms. The van der Waals surface area contributed by atoms with E-state index in [4.69, 9.17) is 4.98 Å². The molecule has 180 valence electrons. The van der Waals surface area contributed by atoms with Gasteiger partial charge in [-0.3, -0.25) is 4.99 Å². The van der Waals surface area contributed by atoms with Crippen LogP contribution < -0.4 is 16.0 Å². The van der Waals surface area contributed by atoms with Crippen molar-refractivity contribution in [1.29, 1.82) is 0 Å². The number of aromatic nitrogens is 2. The van der Waals surface area contributed by atoms with E-state index in [0.29, 0.717) is 35.9 Å². The Morgan fingerprint density at radius 2 is 1.47 bits per heavy atom. The van der Waals surface area contributed by atoms with Crippen LogP contribution in [0.25, 0.3) is 11.1 Å². The maximum Gasteiger partial charge on any atom is 0.226 e. The number of nitrogens with zero attached hydrogens (tertiary/aromatic N) is 3. The normalized spacial score (nSPS) is 13.4. The highest BCUT2D eigenvalue weighted by molar-refractivity contribution is 5.77. The topological polar surface area (TPSA) is 74.2 Å². The highest BCUT2D eigenvalue weighted by Gasteiger charge is 2.18. The molecule has 6 heteroatoms. The first-order chi connectivity index (χ1) is 16.8. The molecule has 0 spiro atoms.